The molecule has 3 aliphatic rings. The Balaban J connectivity index is 1.25. The lowest BCUT2D eigenvalue weighted by Gasteiger charge is -2.27. The van der Waals surface area contributed by atoms with E-state index < -0.39 is 12.7 Å². The quantitative estimate of drug-likeness (QED) is 0.589. The minimum atomic E-state index is -4.27. The van der Waals surface area contributed by atoms with Crippen molar-refractivity contribution < 1.29 is 22.6 Å². The average Bonchev–Trinajstić information content (AvgIpc) is 3.21. The Bertz CT molecular complexity index is 897. The van der Waals surface area contributed by atoms with Gasteiger partial charge in [0.05, 0.1) is 19.8 Å². The Labute approximate surface area is 180 Å². The summed E-state index contributed by atoms with van der Waals surface area (Å²) in [6.07, 6.45) is -1.89. The van der Waals surface area contributed by atoms with Gasteiger partial charge in [-0.25, -0.2) is 0 Å². The van der Waals surface area contributed by atoms with E-state index in [9.17, 15) is 13.2 Å². The van der Waals surface area contributed by atoms with E-state index in [0.29, 0.717) is 37.6 Å². The van der Waals surface area contributed by atoms with Gasteiger partial charge in [0.1, 0.15) is 12.3 Å². The maximum atomic E-state index is 13.3. The van der Waals surface area contributed by atoms with Crippen LogP contribution in [0, 0.1) is 11.8 Å². The third-order valence-electron chi connectivity index (χ3n) is 6.73. The molecule has 1 aromatic carbocycles. The highest BCUT2D eigenvalue weighted by molar-refractivity contribution is 5.83. The van der Waals surface area contributed by atoms with Crippen molar-refractivity contribution in [2.75, 3.05) is 52.5 Å². The van der Waals surface area contributed by atoms with Crippen molar-refractivity contribution in [3.8, 4) is 5.75 Å². The molecule has 0 N–H and O–H groups in total. The lowest BCUT2D eigenvalue weighted by Crippen LogP contribution is -2.36. The van der Waals surface area contributed by atoms with Crippen LogP contribution in [0.15, 0.2) is 24.3 Å². The summed E-state index contributed by atoms with van der Waals surface area (Å²) < 4.78 is 52.5. The first-order valence-corrected chi connectivity index (χ1v) is 11.3. The van der Waals surface area contributed by atoms with Gasteiger partial charge in [0, 0.05) is 55.9 Å². The number of alkyl halides is 3. The van der Waals surface area contributed by atoms with Gasteiger partial charge in [0.2, 0.25) is 0 Å². The summed E-state index contributed by atoms with van der Waals surface area (Å²) in [5.74, 6) is 2.60. The summed E-state index contributed by atoms with van der Waals surface area (Å²) in [7, 11) is 0. The molecule has 1 aliphatic carbocycles. The number of hydrogen-bond donors (Lipinski definition) is 0. The minimum Gasteiger partial charge on any atom is -0.494 e. The number of fused-ring (bicyclic) bond motifs is 2. The topological polar surface area (TPSA) is 29.9 Å². The fraction of sp³-hybridized carbons (Fsp3) is 0.652. The molecule has 3 heterocycles. The summed E-state index contributed by atoms with van der Waals surface area (Å²) in [4.78, 5) is 4.66. The molecule has 2 aromatic rings. The predicted octanol–water partition coefficient (Wildman–Crippen LogP) is 3.76. The molecule has 2 aliphatic heterocycles. The highest BCUT2D eigenvalue weighted by atomic mass is 19.4. The molecule has 2 unspecified atom stereocenters. The summed E-state index contributed by atoms with van der Waals surface area (Å²) in [5, 5.41) is 0.796. The fourth-order valence-electron chi connectivity index (χ4n) is 5.04. The lowest BCUT2D eigenvalue weighted by molar-refractivity contribution is -0.140. The first-order chi connectivity index (χ1) is 14.9. The number of hydrogen-bond acceptors (Lipinski definition) is 4. The molecule has 0 amide bonds. The van der Waals surface area contributed by atoms with Crippen LogP contribution in [-0.4, -0.2) is 73.1 Å². The van der Waals surface area contributed by atoms with Crippen LogP contribution < -0.4 is 4.74 Å². The number of rotatable bonds is 8. The summed E-state index contributed by atoms with van der Waals surface area (Å²) in [6, 6.07) is 7.29. The molecule has 2 saturated heterocycles. The van der Waals surface area contributed by atoms with Crippen LogP contribution in [-0.2, 0) is 17.8 Å². The van der Waals surface area contributed by atoms with E-state index >= 15 is 0 Å². The number of nitrogens with zero attached hydrogens (tertiary/aromatic N) is 3. The molecule has 0 bridgehead atoms. The maximum absolute atomic E-state index is 13.3. The number of ether oxygens (including phenoxy) is 2. The van der Waals surface area contributed by atoms with Gasteiger partial charge >= 0.3 is 6.18 Å². The van der Waals surface area contributed by atoms with Gasteiger partial charge in [-0.05, 0) is 48.9 Å². The standard InChI is InChI=1S/C23H30F3N3O2/c24-23(25,26)16-29-20(15-27-5-8-30-9-6-27)11-17-12-21(2-3-22(17)29)31-7-1-4-28-13-18-10-19(18)14-28/h2-3,11-12,18-19H,1,4-10,13-16H2. The average molecular weight is 438 g/mol. The monoisotopic (exact) mass is 437 g/mol. The third kappa shape index (κ3) is 5.18. The molecular weight excluding hydrogens is 407 g/mol. The van der Waals surface area contributed by atoms with Gasteiger partial charge < -0.3 is 18.9 Å². The molecule has 2 atom stereocenters. The zero-order valence-electron chi connectivity index (χ0n) is 17.7. The lowest BCUT2D eigenvalue weighted by atomic mass is 10.2. The second kappa shape index (κ2) is 8.64. The van der Waals surface area contributed by atoms with Crippen molar-refractivity contribution in [1.29, 1.82) is 0 Å². The molecule has 170 valence electrons. The van der Waals surface area contributed by atoms with Crippen LogP contribution in [0.1, 0.15) is 18.5 Å². The van der Waals surface area contributed by atoms with Crippen molar-refractivity contribution in [3.05, 3.63) is 30.0 Å². The SMILES string of the molecule is FC(F)(F)Cn1c(CN2CCOCC2)cc2cc(OCCCN3CC4CC4C3)ccc21. The summed E-state index contributed by atoms with van der Waals surface area (Å²) in [5.41, 5.74) is 1.28. The van der Waals surface area contributed by atoms with Crippen molar-refractivity contribution in [3.63, 3.8) is 0 Å². The van der Waals surface area contributed by atoms with E-state index in [4.69, 9.17) is 9.47 Å². The molecular formula is C23H30F3N3O2. The minimum absolute atomic E-state index is 0.488. The van der Waals surface area contributed by atoms with Gasteiger partial charge in [0.25, 0.3) is 0 Å². The van der Waals surface area contributed by atoms with Crippen LogP contribution >= 0.6 is 0 Å². The van der Waals surface area contributed by atoms with Crippen LogP contribution in [0.25, 0.3) is 10.9 Å². The van der Waals surface area contributed by atoms with Crippen molar-refractivity contribution >= 4 is 10.9 Å². The maximum Gasteiger partial charge on any atom is 0.406 e. The predicted molar refractivity (Wildman–Crippen MR) is 112 cm³/mol. The molecule has 3 fully saturated rings. The zero-order valence-corrected chi connectivity index (χ0v) is 17.7. The number of benzene rings is 1. The first kappa shape index (κ1) is 21.1. The number of piperidine rings is 1. The second-order valence-electron chi connectivity index (χ2n) is 9.16. The Morgan fingerprint density at radius 3 is 2.55 bits per heavy atom. The Morgan fingerprint density at radius 2 is 1.81 bits per heavy atom. The molecule has 31 heavy (non-hydrogen) atoms. The van der Waals surface area contributed by atoms with Gasteiger partial charge in [-0.2, -0.15) is 13.2 Å². The molecule has 1 aromatic heterocycles. The van der Waals surface area contributed by atoms with E-state index in [1.165, 1.54) is 24.1 Å². The van der Waals surface area contributed by atoms with Crippen molar-refractivity contribution in [1.82, 2.24) is 14.4 Å². The fourth-order valence-corrected chi connectivity index (χ4v) is 5.04. The normalized spacial score (nSPS) is 24.6. The van der Waals surface area contributed by atoms with Crippen LogP contribution in [0.3, 0.4) is 0 Å². The van der Waals surface area contributed by atoms with Gasteiger partial charge in [-0.15, -0.1) is 0 Å². The van der Waals surface area contributed by atoms with Crippen LogP contribution in [0.4, 0.5) is 13.2 Å². The van der Waals surface area contributed by atoms with E-state index in [1.807, 2.05) is 12.1 Å². The summed E-state index contributed by atoms with van der Waals surface area (Å²) >= 11 is 0. The van der Waals surface area contributed by atoms with E-state index in [0.717, 1.165) is 49.0 Å². The molecule has 5 nitrogen and oxygen atoms in total. The van der Waals surface area contributed by atoms with E-state index in [2.05, 4.69) is 9.80 Å². The van der Waals surface area contributed by atoms with E-state index in [-0.39, 0.29) is 0 Å². The largest absolute Gasteiger partial charge is 0.494 e. The third-order valence-corrected chi connectivity index (χ3v) is 6.73. The highest BCUT2D eigenvalue weighted by Gasteiger charge is 2.44. The van der Waals surface area contributed by atoms with Crippen LogP contribution in [0.2, 0.25) is 0 Å². The molecule has 5 rings (SSSR count). The second-order valence-corrected chi connectivity index (χ2v) is 9.16. The first-order valence-electron chi connectivity index (χ1n) is 11.3. The number of aromatic nitrogens is 1. The molecule has 1 saturated carbocycles. The van der Waals surface area contributed by atoms with Crippen molar-refractivity contribution in [2.24, 2.45) is 11.8 Å². The molecule has 0 radical (unpaired) electrons. The van der Waals surface area contributed by atoms with Gasteiger partial charge in [0.15, 0.2) is 0 Å². The Morgan fingerprint density at radius 1 is 1.03 bits per heavy atom. The number of halogens is 3. The summed E-state index contributed by atoms with van der Waals surface area (Å²) in [6.45, 7) is 6.37. The Kier molecular flexibility index (Phi) is 5.88. The number of morpholine rings is 1. The zero-order chi connectivity index (χ0) is 21.4. The van der Waals surface area contributed by atoms with Crippen molar-refractivity contribution in [2.45, 2.75) is 32.1 Å². The Hall–Kier alpha value is -1.77. The smallest absolute Gasteiger partial charge is 0.406 e. The van der Waals surface area contributed by atoms with E-state index in [1.54, 1.807) is 12.1 Å². The highest BCUT2D eigenvalue weighted by Crippen LogP contribution is 2.44. The molecule has 8 heteroatoms. The number of likely N-dealkylation sites (tertiary alicyclic amines) is 1. The molecule has 0 spiro atoms. The van der Waals surface area contributed by atoms with Gasteiger partial charge in [-0.1, -0.05) is 0 Å². The van der Waals surface area contributed by atoms with Crippen LogP contribution in [0.5, 0.6) is 5.75 Å². The van der Waals surface area contributed by atoms with Gasteiger partial charge in [-0.3, -0.25) is 4.90 Å².